The smallest absolute Gasteiger partial charge is 0.343 e. The number of carbonyl (C=O) groups is 2. The van der Waals surface area contributed by atoms with Gasteiger partial charge in [-0.15, -0.1) is 0 Å². The molecule has 0 saturated carbocycles. The van der Waals surface area contributed by atoms with Gasteiger partial charge in [-0.2, -0.15) is 0 Å². The number of hydrogen-bond acceptors (Lipinski definition) is 5. The van der Waals surface area contributed by atoms with Crippen LogP contribution in [0.25, 0.3) is 0 Å². The molecule has 0 radical (unpaired) electrons. The van der Waals surface area contributed by atoms with Crippen LogP contribution in [0.1, 0.15) is 33.2 Å². The molecule has 3 aromatic carbocycles. The molecule has 1 N–H and O–H groups in total. The Morgan fingerprint density at radius 3 is 2.41 bits per heavy atom. The molecular weight excluding hydrogens is 370 g/mol. The molecule has 6 heteroatoms. The number of esters is 1. The SMILES string of the molecule is CCOc1cc(C=Nc2cccc(C(=O)O)c2)ccc1OC(=O)c1ccccc1. The average molecular weight is 389 g/mol. The molecule has 0 bridgehead atoms. The number of carboxylic acids is 1. The largest absolute Gasteiger partial charge is 0.490 e. The minimum absolute atomic E-state index is 0.165. The van der Waals surface area contributed by atoms with Gasteiger partial charge in [0, 0.05) is 6.21 Å². The van der Waals surface area contributed by atoms with Crippen LogP contribution in [0.3, 0.4) is 0 Å². The maximum Gasteiger partial charge on any atom is 0.343 e. The summed E-state index contributed by atoms with van der Waals surface area (Å²) in [6, 6.07) is 20.1. The summed E-state index contributed by atoms with van der Waals surface area (Å²) in [6.45, 7) is 2.23. The molecule has 0 atom stereocenters. The van der Waals surface area contributed by atoms with Crippen LogP contribution in [0.2, 0.25) is 0 Å². The Hall–Kier alpha value is -3.93. The van der Waals surface area contributed by atoms with Crippen LogP contribution >= 0.6 is 0 Å². The Morgan fingerprint density at radius 2 is 1.69 bits per heavy atom. The lowest BCUT2D eigenvalue weighted by atomic mass is 10.2. The molecule has 0 aliphatic carbocycles. The van der Waals surface area contributed by atoms with Gasteiger partial charge in [0.15, 0.2) is 11.5 Å². The second-order valence-electron chi connectivity index (χ2n) is 6.01. The van der Waals surface area contributed by atoms with Crippen LogP contribution in [0.15, 0.2) is 77.8 Å². The van der Waals surface area contributed by atoms with E-state index < -0.39 is 11.9 Å². The Labute approximate surface area is 168 Å². The Morgan fingerprint density at radius 1 is 0.931 bits per heavy atom. The van der Waals surface area contributed by atoms with Gasteiger partial charge in [0.25, 0.3) is 0 Å². The molecule has 0 spiro atoms. The van der Waals surface area contributed by atoms with Crippen molar-refractivity contribution >= 4 is 23.8 Å². The molecule has 6 nitrogen and oxygen atoms in total. The summed E-state index contributed by atoms with van der Waals surface area (Å²) in [7, 11) is 0. The summed E-state index contributed by atoms with van der Waals surface area (Å²) in [4.78, 5) is 27.7. The molecule has 0 fully saturated rings. The van der Waals surface area contributed by atoms with E-state index in [1.807, 2.05) is 13.0 Å². The van der Waals surface area contributed by atoms with Crippen molar-refractivity contribution in [2.45, 2.75) is 6.92 Å². The number of carboxylic acid groups (broad SMARTS) is 1. The van der Waals surface area contributed by atoms with E-state index in [0.717, 1.165) is 0 Å². The minimum Gasteiger partial charge on any atom is -0.490 e. The quantitative estimate of drug-likeness (QED) is 0.358. The molecule has 29 heavy (non-hydrogen) atoms. The summed E-state index contributed by atoms with van der Waals surface area (Å²) in [5, 5.41) is 9.06. The lowest BCUT2D eigenvalue weighted by Gasteiger charge is -2.11. The van der Waals surface area contributed by atoms with Crippen molar-refractivity contribution in [2.24, 2.45) is 4.99 Å². The minimum atomic E-state index is -1.01. The topological polar surface area (TPSA) is 85.2 Å². The normalized spacial score (nSPS) is 10.7. The summed E-state index contributed by atoms with van der Waals surface area (Å²) in [5.74, 6) is -0.755. The van der Waals surface area contributed by atoms with Gasteiger partial charge in [-0.1, -0.05) is 24.3 Å². The first-order valence-corrected chi connectivity index (χ1v) is 8.98. The van der Waals surface area contributed by atoms with Crippen LogP contribution in [-0.2, 0) is 0 Å². The van der Waals surface area contributed by atoms with Crippen LogP contribution in [-0.4, -0.2) is 29.9 Å². The van der Waals surface area contributed by atoms with E-state index in [0.29, 0.717) is 34.9 Å². The summed E-state index contributed by atoms with van der Waals surface area (Å²) < 4.78 is 11.1. The number of aromatic carboxylic acids is 1. The zero-order valence-electron chi connectivity index (χ0n) is 15.7. The lowest BCUT2D eigenvalue weighted by Crippen LogP contribution is -2.09. The van der Waals surface area contributed by atoms with E-state index in [4.69, 9.17) is 14.6 Å². The van der Waals surface area contributed by atoms with Gasteiger partial charge < -0.3 is 14.6 Å². The Bertz CT molecular complexity index is 1040. The molecule has 0 saturated heterocycles. The van der Waals surface area contributed by atoms with Gasteiger partial charge in [0.2, 0.25) is 0 Å². The fraction of sp³-hybridized carbons (Fsp3) is 0.0870. The molecule has 0 aromatic heterocycles. The van der Waals surface area contributed by atoms with Gasteiger partial charge in [-0.05, 0) is 61.0 Å². The Balaban J connectivity index is 1.81. The number of carbonyl (C=O) groups excluding carboxylic acids is 1. The highest BCUT2D eigenvalue weighted by Gasteiger charge is 2.13. The number of ether oxygens (including phenoxy) is 2. The Kier molecular flexibility index (Phi) is 6.37. The van der Waals surface area contributed by atoms with E-state index in [1.54, 1.807) is 60.8 Å². The number of rotatable bonds is 7. The van der Waals surface area contributed by atoms with Crippen LogP contribution < -0.4 is 9.47 Å². The standard InChI is InChI=1S/C23H19NO5/c1-2-28-21-13-16(15-24-19-10-6-9-18(14-19)22(25)26)11-12-20(21)29-23(27)17-7-4-3-5-8-17/h3-15H,2H2,1H3,(H,25,26). The van der Waals surface area contributed by atoms with Crippen LogP contribution in [0, 0.1) is 0 Å². The monoisotopic (exact) mass is 389 g/mol. The maximum atomic E-state index is 12.3. The van der Waals surface area contributed by atoms with Crippen molar-refractivity contribution in [3.63, 3.8) is 0 Å². The fourth-order valence-electron chi connectivity index (χ4n) is 2.56. The third kappa shape index (κ3) is 5.29. The van der Waals surface area contributed by atoms with Crippen LogP contribution in [0.4, 0.5) is 5.69 Å². The molecule has 0 amide bonds. The van der Waals surface area contributed by atoms with Gasteiger partial charge in [0.1, 0.15) is 0 Å². The summed E-state index contributed by atoms with van der Waals surface area (Å²) in [6.07, 6.45) is 1.59. The molecule has 0 unspecified atom stereocenters. The van der Waals surface area contributed by atoms with Crippen molar-refractivity contribution < 1.29 is 24.2 Å². The molecule has 0 heterocycles. The highest BCUT2D eigenvalue weighted by atomic mass is 16.6. The van der Waals surface area contributed by atoms with Gasteiger partial charge in [-0.25, -0.2) is 9.59 Å². The van der Waals surface area contributed by atoms with E-state index in [2.05, 4.69) is 4.99 Å². The fourth-order valence-corrected chi connectivity index (χ4v) is 2.56. The highest BCUT2D eigenvalue weighted by molar-refractivity contribution is 5.92. The van der Waals surface area contributed by atoms with Crippen LogP contribution in [0.5, 0.6) is 11.5 Å². The third-order valence-electron chi connectivity index (χ3n) is 3.94. The average Bonchev–Trinajstić information content (AvgIpc) is 2.74. The van der Waals surface area contributed by atoms with Crippen molar-refractivity contribution in [1.29, 1.82) is 0 Å². The molecule has 3 rings (SSSR count). The van der Waals surface area contributed by atoms with Gasteiger partial charge in [-0.3, -0.25) is 4.99 Å². The van der Waals surface area contributed by atoms with Gasteiger partial charge in [0.05, 0.1) is 23.4 Å². The first-order valence-electron chi connectivity index (χ1n) is 8.98. The zero-order chi connectivity index (χ0) is 20.6. The lowest BCUT2D eigenvalue weighted by molar-refractivity contribution is 0.0694. The number of aliphatic imine (C=N–C) groups is 1. The summed E-state index contributed by atoms with van der Waals surface area (Å²) >= 11 is 0. The van der Waals surface area contributed by atoms with E-state index in [1.165, 1.54) is 12.1 Å². The zero-order valence-corrected chi connectivity index (χ0v) is 15.7. The van der Waals surface area contributed by atoms with Crippen molar-refractivity contribution in [3.8, 4) is 11.5 Å². The molecule has 0 aliphatic heterocycles. The second-order valence-corrected chi connectivity index (χ2v) is 6.01. The molecule has 0 aliphatic rings. The molecule has 3 aromatic rings. The van der Waals surface area contributed by atoms with Gasteiger partial charge >= 0.3 is 11.9 Å². The van der Waals surface area contributed by atoms with E-state index in [-0.39, 0.29) is 5.56 Å². The second kappa shape index (κ2) is 9.32. The van der Waals surface area contributed by atoms with E-state index in [9.17, 15) is 9.59 Å². The summed E-state index contributed by atoms with van der Waals surface area (Å²) in [5.41, 5.74) is 1.84. The van der Waals surface area contributed by atoms with Crippen molar-refractivity contribution in [1.82, 2.24) is 0 Å². The third-order valence-corrected chi connectivity index (χ3v) is 3.94. The van der Waals surface area contributed by atoms with Crippen molar-refractivity contribution in [2.75, 3.05) is 6.61 Å². The predicted molar refractivity (Wildman–Crippen MR) is 110 cm³/mol. The maximum absolute atomic E-state index is 12.3. The molecule has 146 valence electrons. The number of benzene rings is 3. The number of hydrogen-bond donors (Lipinski definition) is 1. The first kappa shape index (κ1) is 19.8. The van der Waals surface area contributed by atoms with E-state index >= 15 is 0 Å². The predicted octanol–water partition coefficient (Wildman–Crippen LogP) is 4.75. The molecular formula is C23H19NO5. The first-order chi connectivity index (χ1) is 14.1. The van der Waals surface area contributed by atoms with Crippen molar-refractivity contribution in [3.05, 3.63) is 89.5 Å². The highest BCUT2D eigenvalue weighted by Crippen LogP contribution is 2.29. The number of nitrogens with zero attached hydrogens (tertiary/aromatic N) is 1.